The highest BCUT2D eigenvalue weighted by molar-refractivity contribution is 4.71. The lowest BCUT2D eigenvalue weighted by Crippen LogP contribution is -2.33. The number of aliphatic hydroxyl groups is 1. The zero-order valence-electron chi connectivity index (χ0n) is 28.3. The first-order valence-corrected chi connectivity index (χ1v) is 16.7. The molecular formula is C33H64O11. The molecule has 11 heteroatoms. The molecule has 5 unspecified atom stereocenters. The van der Waals surface area contributed by atoms with Crippen molar-refractivity contribution < 1.29 is 52.5 Å². The molecule has 0 aromatic carbocycles. The summed E-state index contributed by atoms with van der Waals surface area (Å²) < 4.78 is 58.2. The van der Waals surface area contributed by atoms with Crippen LogP contribution in [0.2, 0.25) is 0 Å². The molecule has 0 radical (unpaired) electrons. The number of hydrogen-bond donors (Lipinski definition) is 1. The first-order chi connectivity index (χ1) is 21.3. The highest BCUT2D eigenvalue weighted by Crippen LogP contribution is 2.22. The van der Waals surface area contributed by atoms with E-state index in [-0.39, 0.29) is 37.6 Å². The fraction of sp³-hybridized carbons (Fsp3) is 0.939. The summed E-state index contributed by atoms with van der Waals surface area (Å²) in [6.45, 7) is 19.6. The van der Waals surface area contributed by atoms with Crippen molar-refractivity contribution in [3.05, 3.63) is 12.7 Å². The smallest absolute Gasteiger partial charge is 0.163 e. The van der Waals surface area contributed by atoms with Gasteiger partial charge in [-0.05, 0) is 33.1 Å². The van der Waals surface area contributed by atoms with Crippen LogP contribution in [-0.2, 0) is 47.4 Å². The average Bonchev–Trinajstić information content (AvgIpc) is 3.34. The van der Waals surface area contributed by atoms with Crippen LogP contribution in [-0.4, -0.2) is 134 Å². The number of ether oxygens (including phenoxy) is 10. The second-order valence-corrected chi connectivity index (χ2v) is 11.6. The van der Waals surface area contributed by atoms with E-state index < -0.39 is 11.9 Å². The van der Waals surface area contributed by atoms with Crippen molar-refractivity contribution in [1.82, 2.24) is 0 Å². The van der Waals surface area contributed by atoms with Crippen molar-refractivity contribution in [2.45, 2.75) is 109 Å². The van der Waals surface area contributed by atoms with Crippen molar-refractivity contribution in [2.24, 2.45) is 0 Å². The Morgan fingerprint density at radius 1 is 0.705 bits per heavy atom. The maximum atomic E-state index is 10.5. The van der Waals surface area contributed by atoms with Crippen LogP contribution in [0.5, 0.6) is 0 Å². The monoisotopic (exact) mass is 636 g/mol. The van der Waals surface area contributed by atoms with Crippen LogP contribution in [0.1, 0.15) is 73.1 Å². The summed E-state index contributed by atoms with van der Waals surface area (Å²) in [5, 5.41) is 10.5. The quantitative estimate of drug-likeness (QED) is 0.0842. The van der Waals surface area contributed by atoms with Gasteiger partial charge in [-0.15, -0.1) is 6.58 Å². The molecule has 0 aromatic heterocycles. The normalized spacial score (nSPS) is 19.2. The molecule has 5 atom stereocenters. The lowest BCUT2D eigenvalue weighted by molar-refractivity contribution is -0.148. The van der Waals surface area contributed by atoms with Crippen molar-refractivity contribution in [2.75, 3.05) is 92.5 Å². The third kappa shape index (κ3) is 22.7. The molecule has 0 aromatic rings. The zero-order valence-corrected chi connectivity index (χ0v) is 28.3. The average molecular weight is 637 g/mol. The van der Waals surface area contributed by atoms with Gasteiger partial charge < -0.3 is 52.5 Å². The Bertz CT molecular complexity index is 651. The van der Waals surface area contributed by atoms with Gasteiger partial charge in [-0.1, -0.05) is 46.1 Å². The van der Waals surface area contributed by atoms with Crippen LogP contribution in [0, 0.1) is 0 Å². The third-order valence-electron chi connectivity index (χ3n) is 6.60. The van der Waals surface area contributed by atoms with Gasteiger partial charge in [0.05, 0.1) is 72.7 Å². The van der Waals surface area contributed by atoms with E-state index in [0.29, 0.717) is 79.3 Å². The minimum absolute atomic E-state index is 0.0988. The fourth-order valence-electron chi connectivity index (χ4n) is 4.13. The molecule has 1 rings (SSSR count). The molecule has 1 aliphatic heterocycles. The van der Waals surface area contributed by atoms with Crippen molar-refractivity contribution in [1.29, 1.82) is 0 Å². The molecule has 1 N–H and O–H groups in total. The maximum Gasteiger partial charge on any atom is 0.163 e. The molecule has 44 heavy (non-hydrogen) atoms. The highest BCUT2D eigenvalue weighted by atomic mass is 16.7. The first kappa shape index (κ1) is 41.3. The number of aliphatic hydroxyl groups excluding tert-OH is 1. The van der Waals surface area contributed by atoms with E-state index in [9.17, 15) is 5.11 Å². The van der Waals surface area contributed by atoms with Crippen molar-refractivity contribution in [3.8, 4) is 0 Å². The first-order valence-electron chi connectivity index (χ1n) is 16.7. The molecule has 11 nitrogen and oxygen atoms in total. The van der Waals surface area contributed by atoms with Crippen LogP contribution in [0.25, 0.3) is 0 Å². The molecule has 1 saturated heterocycles. The molecule has 262 valence electrons. The fourth-order valence-corrected chi connectivity index (χ4v) is 4.13. The van der Waals surface area contributed by atoms with Gasteiger partial charge in [-0.25, -0.2) is 0 Å². The van der Waals surface area contributed by atoms with E-state index in [1.54, 1.807) is 6.08 Å². The van der Waals surface area contributed by atoms with Crippen molar-refractivity contribution >= 4 is 0 Å². The molecule has 0 saturated carbocycles. The summed E-state index contributed by atoms with van der Waals surface area (Å²) in [6.07, 6.45) is 6.23. The zero-order chi connectivity index (χ0) is 32.3. The lowest BCUT2D eigenvalue weighted by Gasteiger charge is -2.22. The Morgan fingerprint density at radius 3 is 1.55 bits per heavy atom. The summed E-state index contributed by atoms with van der Waals surface area (Å²) in [5.41, 5.74) is 0. The second-order valence-electron chi connectivity index (χ2n) is 11.6. The van der Waals surface area contributed by atoms with Crippen LogP contribution in [0.4, 0.5) is 0 Å². The van der Waals surface area contributed by atoms with Crippen LogP contribution < -0.4 is 0 Å². The lowest BCUT2D eigenvalue weighted by atomic mass is 10.3. The molecule has 0 aliphatic carbocycles. The van der Waals surface area contributed by atoms with E-state index in [0.717, 1.165) is 38.5 Å². The molecule has 1 heterocycles. The molecule has 1 fully saturated rings. The van der Waals surface area contributed by atoms with Gasteiger partial charge in [0.25, 0.3) is 0 Å². The van der Waals surface area contributed by atoms with Gasteiger partial charge in [-0.2, -0.15) is 0 Å². The van der Waals surface area contributed by atoms with Crippen molar-refractivity contribution in [3.63, 3.8) is 0 Å². The number of hydrogen-bond acceptors (Lipinski definition) is 11. The Balaban J connectivity index is 2.38. The topological polar surface area (TPSA) is 113 Å². The van der Waals surface area contributed by atoms with Gasteiger partial charge >= 0.3 is 0 Å². The summed E-state index contributed by atoms with van der Waals surface area (Å²) in [6, 6.07) is 0. The Kier molecular flexibility index (Phi) is 25.7. The summed E-state index contributed by atoms with van der Waals surface area (Å²) in [4.78, 5) is 0. The predicted molar refractivity (Wildman–Crippen MR) is 169 cm³/mol. The summed E-state index contributed by atoms with van der Waals surface area (Å²) in [7, 11) is 0. The van der Waals surface area contributed by atoms with Crippen LogP contribution in [0.15, 0.2) is 12.7 Å². The standard InChI is InChI=1S/C33H64O11/c1-7-11-15-40-29(20-35-14-10-4)23-38-24-30(41-16-12-8-2)21-36-18-28(34)19-37-22-31(42-17-13-9-3)25-39-26-32-27-43-33(5,6)44-32/h10,28-32,34H,4,7-9,11-27H2,1-3,5-6H3. The Morgan fingerprint density at radius 2 is 1.14 bits per heavy atom. The molecule has 0 amide bonds. The largest absolute Gasteiger partial charge is 0.388 e. The van der Waals surface area contributed by atoms with Gasteiger partial charge in [0.15, 0.2) is 5.79 Å². The Hall–Kier alpha value is -0.700. The molecule has 0 spiro atoms. The molecule has 0 bridgehead atoms. The van der Waals surface area contributed by atoms with E-state index in [1.165, 1.54) is 0 Å². The SMILES string of the molecule is C=CCOCC(COCC(COCC(O)COCC(COCC1COC(C)(C)O1)OCCCC)OCCCC)OCCCC. The summed E-state index contributed by atoms with van der Waals surface area (Å²) in [5.74, 6) is -0.576. The van der Waals surface area contributed by atoms with E-state index in [1.807, 2.05) is 13.8 Å². The molecular weight excluding hydrogens is 572 g/mol. The number of rotatable bonds is 32. The van der Waals surface area contributed by atoms with E-state index >= 15 is 0 Å². The van der Waals surface area contributed by atoms with Gasteiger partial charge in [-0.3, -0.25) is 0 Å². The maximum absolute atomic E-state index is 10.5. The van der Waals surface area contributed by atoms with E-state index in [2.05, 4.69) is 27.4 Å². The van der Waals surface area contributed by atoms with Gasteiger partial charge in [0, 0.05) is 19.8 Å². The van der Waals surface area contributed by atoms with Crippen LogP contribution >= 0.6 is 0 Å². The van der Waals surface area contributed by atoms with Gasteiger partial charge in [0.1, 0.15) is 30.5 Å². The second kappa shape index (κ2) is 27.4. The predicted octanol–water partition coefficient (Wildman–Crippen LogP) is 4.32. The number of unbranched alkanes of at least 4 members (excludes halogenated alkanes) is 3. The third-order valence-corrected chi connectivity index (χ3v) is 6.60. The van der Waals surface area contributed by atoms with E-state index in [4.69, 9.17) is 47.4 Å². The summed E-state index contributed by atoms with van der Waals surface area (Å²) >= 11 is 0. The van der Waals surface area contributed by atoms with Crippen LogP contribution in [0.3, 0.4) is 0 Å². The van der Waals surface area contributed by atoms with Gasteiger partial charge in [0.2, 0.25) is 0 Å². The highest BCUT2D eigenvalue weighted by Gasteiger charge is 2.32. The molecule has 1 aliphatic rings. The minimum Gasteiger partial charge on any atom is -0.388 e. The minimum atomic E-state index is -0.783. The Labute approximate surface area is 267 Å².